The van der Waals surface area contributed by atoms with Gasteiger partial charge in [-0.3, -0.25) is 14.5 Å². The molecule has 0 aliphatic carbocycles. The van der Waals surface area contributed by atoms with Gasteiger partial charge in [0.1, 0.15) is 5.75 Å². The molecule has 2 aromatic carbocycles. The third-order valence-corrected chi connectivity index (χ3v) is 5.26. The molecular weight excluding hydrogens is 398 g/mol. The molecule has 1 fully saturated rings. The predicted molar refractivity (Wildman–Crippen MR) is 113 cm³/mol. The van der Waals surface area contributed by atoms with E-state index < -0.39 is 24.0 Å². The lowest BCUT2D eigenvalue weighted by atomic mass is 10.1. The van der Waals surface area contributed by atoms with E-state index in [0.717, 1.165) is 27.3 Å². The molecule has 2 heterocycles. The van der Waals surface area contributed by atoms with Crippen molar-refractivity contribution in [3.05, 3.63) is 53.6 Å². The highest BCUT2D eigenvalue weighted by molar-refractivity contribution is 6.32. The minimum absolute atomic E-state index is 0.335. The number of anilines is 2. The lowest BCUT2D eigenvalue weighted by Gasteiger charge is -2.27. The molecule has 0 radical (unpaired) electrons. The molecule has 31 heavy (non-hydrogen) atoms. The molecule has 0 bridgehead atoms. The summed E-state index contributed by atoms with van der Waals surface area (Å²) in [6, 6.07) is 13.1. The van der Waals surface area contributed by atoms with Gasteiger partial charge >= 0.3 is 11.8 Å². The zero-order chi connectivity index (χ0) is 22.1. The van der Waals surface area contributed by atoms with Gasteiger partial charge in [0, 0.05) is 29.6 Å². The zero-order valence-corrected chi connectivity index (χ0v) is 17.7. The Morgan fingerprint density at radius 2 is 1.74 bits per heavy atom. The summed E-state index contributed by atoms with van der Waals surface area (Å²) < 4.78 is 6.15. The molecule has 3 amide bonds. The highest BCUT2D eigenvalue weighted by Crippen LogP contribution is 2.28. The number of amides is 3. The summed E-state index contributed by atoms with van der Waals surface area (Å²) in [7, 11) is 1.59. The van der Waals surface area contributed by atoms with Crippen molar-refractivity contribution in [1.82, 2.24) is 4.90 Å². The highest BCUT2D eigenvalue weighted by atomic mass is 16.5. The first-order valence-corrected chi connectivity index (χ1v) is 9.98. The molecule has 1 unspecified atom stereocenters. The molecule has 4 rings (SSSR count). The summed E-state index contributed by atoms with van der Waals surface area (Å²) in [5, 5.41) is 7.19. The van der Waals surface area contributed by atoms with E-state index in [4.69, 9.17) is 4.74 Å². The smallest absolute Gasteiger partial charge is 0.497 e. The minimum Gasteiger partial charge on any atom is -0.497 e. The number of hydrogen-bond donors (Lipinski definition) is 1. The Morgan fingerprint density at radius 1 is 1.10 bits per heavy atom. The molecule has 1 saturated heterocycles. The molecule has 2 aliphatic rings. The number of nitrogens with one attached hydrogen (secondary N) is 1. The van der Waals surface area contributed by atoms with Crippen LogP contribution in [-0.4, -0.2) is 60.4 Å². The summed E-state index contributed by atoms with van der Waals surface area (Å²) in [6.07, 6.45) is -0.674. The number of carbonyl (C=O) groups excluding carboxylic acids is 3. The van der Waals surface area contributed by atoms with Gasteiger partial charge in [0.15, 0.2) is 0 Å². The van der Waals surface area contributed by atoms with Gasteiger partial charge in [0.2, 0.25) is 0 Å². The number of methoxy groups -OCH3 is 1. The molecule has 0 spiro atoms. The Kier molecular flexibility index (Phi) is 5.41. The number of nitrogens with zero attached hydrogens (tertiary/aromatic N) is 4. The van der Waals surface area contributed by atoms with Crippen LogP contribution in [0.25, 0.3) is 0 Å². The molecule has 1 N–H and O–H groups in total. The Balaban J connectivity index is 1.54. The maximum atomic E-state index is 12.6. The van der Waals surface area contributed by atoms with Crippen molar-refractivity contribution >= 4 is 29.1 Å². The van der Waals surface area contributed by atoms with Crippen LogP contribution < -0.4 is 15.0 Å². The van der Waals surface area contributed by atoms with Crippen molar-refractivity contribution in [3.63, 3.8) is 0 Å². The van der Waals surface area contributed by atoms with Crippen LogP contribution in [0.15, 0.2) is 47.6 Å². The number of benzene rings is 2. The van der Waals surface area contributed by atoms with E-state index in [9.17, 15) is 14.4 Å². The van der Waals surface area contributed by atoms with Crippen molar-refractivity contribution in [2.24, 2.45) is 5.11 Å². The van der Waals surface area contributed by atoms with E-state index in [0.29, 0.717) is 18.8 Å². The van der Waals surface area contributed by atoms with Crippen LogP contribution >= 0.6 is 0 Å². The molecule has 9 nitrogen and oxygen atoms in total. The largest absolute Gasteiger partial charge is 0.502 e. The van der Waals surface area contributed by atoms with Crippen LogP contribution in [0.3, 0.4) is 0 Å². The fourth-order valence-electron chi connectivity index (χ4n) is 3.89. The Hall–Kier alpha value is -3.75. The second-order valence-corrected chi connectivity index (χ2v) is 7.64. The fraction of sp³-hybridized carbons (Fsp3) is 0.318. The average molecular weight is 422 g/mol. The average Bonchev–Trinajstić information content (AvgIpc) is 3.15. The maximum absolute atomic E-state index is 12.6. The van der Waals surface area contributed by atoms with Crippen molar-refractivity contribution in [2.75, 3.05) is 37.0 Å². The first kappa shape index (κ1) is 20.5. The van der Waals surface area contributed by atoms with Crippen molar-refractivity contribution < 1.29 is 23.8 Å². The molecule has 0 aromatic heterocycles. The summed E-state index contributed by atoms with van der Waals surface area (Å²) in [5.41, 5.74) is 3.52. The van der Waals surface area contributed by atoms with Crippen LogP contribution in [0.5, 0.6) is 5.75 Å². The Labute approximate surface area is 179 Å². The van der Waals surface area contributed by atoms with Crippen LogP contribution in [0, 0.1) is 13.8 Å². The van der Waals surface area contributed by atoms with Crippen molar-refractivity contribution in [1.29, 1.82) is 0 Å². The number of azo groups is 2. The van der Waals surface area contributed by atoms with Gasteiger partial charge in [-0.25, -0.2) is 4.79 Å². The van der Waals surface area contributed by atoms with Gasteiger partial charge < -0.3 is 15.0 Å². The Bertz CT molecular complexity index is 1060. The molecule has 160 valence electrons. The predicted octanol–water partition coefficient (Wildman–Crippen LogP) is 1.89. The number of hydrogen-bond acceptors (Lipinski definition) is 6. The number of fused-ring (bicyclic) bond motifs is 1. The third-order valence-electron chi connectivity index (χ3n) is 5.26. The third kappa shape index (κ3) is 4.11. The second kappa shape index (κ2) is 8.17. The molecule has 2 aliphatic heterocycles. The summed E-state index contributed by atoms with van der Waals surface area (Å²) in [4.78, 5) is 41.0. The van der Waals surface area contributed by atoms with Gasteiger partial charge in [-0.15, -0.1) is 0 Å². The van der Waals surface area contributed by atoms with Crippen LogP contribution in [0.4, 0.5) is 11.4 Å². The van der Waals surface area contributed by atoms with Crippen molar-refractivity contribution in [2.45, 2.75) is 20.1 Å². The quantitative estimate of drug-likeness (QED) is 0.587. The van der Waals surface area contributed by atoms with E-state index in [2.05, 4.69) is 10.4 Å². The van der Waals surface area contributed by atoms with Gasteiger partial charge in [-0.05, 0) is 66.1 Å². The highest BCUT2D eigenvalue weighted by Gasteiger charge is 2.49. The number of rotatable bonds is 5. The number of ether oxygens (including phenoxy) is 1. The van der Waals surface area contributed by atoms with E-state index in [1.54, 1.807) is 7.11 Å². The van der Waals surface area contributed by atoms with E-state index in [1.165, 1.54) is 4.90 Å². The topological polar surface area (TPSA) is 94.3 Å². The molecule has 2 aromatic rings. The van der Waals surface area contributed by atoms with Gasteiger partial charge in [0.25, 0.3) is 18.7 Å². The monoisotopic (exact) mass is 422 g/mol. The van der Waals surface area contributed by atoms with Crippen LogP contribution in [-0.2, 0) is 14.4 Å². The number of aryl methyl sites for hydroxylation is 2. The van der Waals surface area contributed by atoms with Crippen LogP contribution in [0.1, 0.15) is 11.1 Å². The minimum atomic E-state index is -0.802. The SMILES string of the molecule is COc1ccc(N2CCN3C(=O)C(=O)[N+](CC(=O)Nc4cc(C)cc(C)c4)=NC32)cc1. The number of carbonyl (C=O) groups is 3. The first-order chi connectivity index (χ1) is 14.9. The standard InChI is InChI=1S/C22H23N5O4/c1-14-10-15(2)12-16(11-14)23-19(28)13-27-21(30)20(29)26-9-8-25(22(26)24-27)17-4-6-18(31-3)7-5-17/h4-7,10-12,22H,8-9,13H2,1-3H3/p+1. The molecule has 1 atom stereocenters. The summed E-state index contributed by atoms with van der Waals surface area (Å²) >= 11 is 0. The van der Waals surface area contributed by atoms with E-state index >= 15 is 0 Å². The molecular formula is C22H24N5O4+. The van der Waals surface area contributed by atoms with Gasteiger partial charge in [-0.1, -0.05) is 6.07 Å². The van der Waals surface area contributed by atoms with Crippen LogP contribution in [0.2, 0.25) is 0 Å². The van der Waals surface area contributed by atoms with E-state index in [-0.39, 0.29) is 6.54 Å². The normalized spacial score (nSPS) is 18.0. The summed E-state index contributed by atoms with van der Waals surface area (Å²) in [6.45, 7) is 4.45. The van der Waals surface area contributed by atoms with Gasteiger partial charge in [-0.2, -0.15) is 0 Å². The van der Waals surface area contributed by atoms with E-state index in [1.807, 2.05) is 61.2 Å². The zero-order valence-electron chi connectivity index (χ0n) is 17.7. The second-order valence-electron chi connectivity index (χ2n) is 7.64. The fourth-order valence-corrected chi connectivity index (χ4v) is 3.89. The molecule has 0 saturated carbocycles. The van der Waals surface area contributed by atoms with Gasteiger partial charge in [0.05, 0.1) is 7.11 Å². The molecule has 9 heteroatoms. The van der Waals surface area contributed by atoms with Crippen molar-refractivity contribution in [3.8, 4) is 5.75 Å². The lowest BCUT2D eigenvalue weighted by molar-refractivity contribution is -0.509. The maximum Gasteiger partial charge on any atom is 0.502 e. The Morgan fingerprint density at radius 3 is 2.39 bits per heavy atom. The summed E-state index contributed by atoms with van der Waals surface area (Å²) in [5.74, 6) is -1.16. The first-order valence-electron chi connectivity index (χ1n) is 9.98. The lowest BCUT2D eigenvalue weighted by Crippen LogP contribution is -2.52.